The smallest absolute Gasteiger partial charge is 0.127 e. The van der Waals surface area contributed by atoms with E-state index in [0.29, 0.717) is 0 Å². The Morgan fingerprint density at radius 1 is 1.33 bits per heavy atom. The van der Waals surface area contributed by atoms with E-state index in [2.05, 4.69) is 29.4 Å². The summed E-state index contributed by atoms with van der Waals surface area (Å²) in [5.74, 6) is 0. The number of nitrogens with zero attached hydrogens (tertiary/aromatic N) is 1. The van der Waals surface area contributed by atoms with Crippen LogP contribution in [0.15, 0.2) is 29.3 Å². The highest BCUT2D eigenvalue weighted by molar-refractivity contribution is 7.82. The summed E-state index contributed by atoms with van der Waals surface area (Å²) >= 11 is 5.27. The number of thiocarbonyl (C=S) groups is 1. The normalized spacial score (nSPS) is 18.6. The van der Waals surface area contributed by atoms with Crippen molar-refractivity contribution < 1.29 is 0 Å². The summed E-state index contributed by atoms with van der Waals surface area (Å²) in [5, 5.41) is 3.19. The topological polar surface area (TPSA) is 24.4 Å². The van der Waals surface area contributed by atoms with Gasteiger partial charge in [0.2, 0.25) is 0 Å². The van der Waals surface area contributed by atoms with Gasteiger partial charge in [0.15, 0.2) is 0 Å². The number of rotatable bonds is 1. The molecular weight excluding hydrogens is 204 g/mol. The molecule has 0 bridgehead atoms. The number of benzene rings is 1. The molecule has 1 N–H and O–H groups in total. The second-order valence-corrected chi connectivity index (χ2v) is 4.75. The average molecular weight is 218 g/mol. The van der Waals surface area contributed by atoms with Crippen LogP contribution < -0.4 is 5.32 Å². The van der Waals surface area contributed by atoms with Gasteiger partial charge in [-0.1, -0.05) is 36.0 Å². The quantitative estimate of drug-likeness (QED) is 0.732. The molecule has 1 aromatic rings. The largest absolute Gasteiger partial charge is 0.351 e. The van der Waals surface area contributed by atoms with Gasteiger partial charge < -0.3 is 5.32 Å². The molecule has 0 saturated carbocycles. The molecule has 2 rings (SSSR count). The van der Waals surface area contributed by atoms with E-state index in [0.717, 1.165) is 16.3 Å². The maximum atomic E-state index is 5.27. The molecule has 0 aromatic heterocycles. The maximum Gasteiger partial charge on any atom is 0.127 e. The number of hydrogen-bond acceptors (Lipinski definition) is 2. The Morgan fingerprint density at radius 2 is 2.07 bits per heavy atom. The van der Waals surface area contributed by atoms with Crippen molar-refractivity contribution >= 4 is 22.9 Å². The number of aryl methyl sites for hydroxylation is 1. The lowest BCUT2D eigenvalue weighted by Gasteiger charge is -2.13. The van der Waals surface area contributed by atoms with Crippen molar-refractivity contribution in [3.8, 4) is 0 Å². The molecule has 0 fully saturated rings. The van der Waals surface area contributed by atoms with Crippen LogP contribution in [-0.2, 0) is 0 Å². The van der Waals surface area contributed by atoms with Crippen LogP contribution in [0, 0.1) is 6.92 Å². The minimum Gasteiger partial charge on any atom is -0.351 e. The van der Waals surface area contributed by atoms with Crippen LogP contribution in [0.4, 0.5) is 0 Å². The summed E-state index contributed by atoms with van der Waals surface area (Å²) in [6, 6.07) is 8.25. The van der Waals surface area contributed by atoms with Crippen molar-refractivity contribution in [2.75, 3.05) is 0 Å². The van der Waals surface area contributed by atoms with E-state index in [1.807, 2.05) is 26.0 Å². The summed E-state index contributed by atoms with van der Waals surface area (Å²) in [6.45, 7) is 6.10. The van der Waals surface area contributed by atoms with Gasteiger partial charge >= 0.3 is 0 Å². The zero-order valence-electron chi connectivity index (χ0n) is 9.16. The van der Waals surface area contributed by atoms with Gasteiger partial charge in [-0.2, -0.15) is 0 Å². The van der Waals surface area contributed by atoms with Crippen molar-refractivity contribution in [3.63, 3.8) is 0 Å². The van der Waals surface area contributed by atoms with Gasteiger partial charge in [-0.15, -0.1) is 0 Å². The van der Waals surface area contributed by atoms with Gasteiger partial charge in [0.05, 0.1) is 0 Å². The minimum atomic E-state index is -0.268. The number of hydrogen-bond donors (Lipinski definition) is 1. The highest BCUT2D eigenvalue weighted by Crippen LogP contribution is 2.17. The third-order valence-electron chi connectivity index (χ3n) is 2.32. The van der Waals surface area contributed by atoms with Crippen LogP contribution in [0.25, 0.3) is 0 Å². The zero-order chi connectivity index (χ0) is 11.1. The molecule has 1 aromatic carbocycles. The Kier molecular flexibility index (Phi) is 2.35. The summed E-state index contributed by atoms with van der Waals surface area (Å²) in [7, 11) is 0. The highest BCUT2D eigenvalue weighted by atomic mass is 32.1. The second kappa shape index (κ2) is 3.42. The standard InChI is InChI=1S/C12H14N2S/c1-8-5-4-6-9(7-8)10-11(15)14-12(2,3)13-10/h4-7H,1-3H3,(H,14,15). The van der Waals surface area contributed by atoms with E-state index < -0.39 is 0 Å². The Morgan fingerprint density at radius 3 is 2.60 bits per heavy atom. The molecule has 2 nitrogen and oxygen atoms in total. The lowest BCUT2D eigenvalue weighted by Crippen LogP contribution is -2.35. The second-order valence-electron chi connectivity index (χ2n) is 4.34. The lowest BCUT2D eigenvalue weighted by molar-refractivity contribution is 0.506. The first kappa shape index (κ1) is 10.3. The number of aliphatic imine (C=N–C) groups is 1. The van der Waals surface area contributed by atoms with Crippen LogP contribution in [0.3, 0.4) is 0 Å². The van der Waals surface area contributed by atoms with Gasteiger partial charge in [-0.3, -0.25) is 4.99 Å². The van der Waals surface area contributed by atoms with Crippen LogP contribution in [0.1, 0.15) is 25.0 Å². The van der Waals surface area contributed by atoms with Gasteiger partial charge in [0.1, 0.15) is 16.4 Å². The van der Waals surface area contributed by atoms with Crippen LogP contribution in [0.5, 0.6) is 0 Å². The van der Waals surface area contributed by atoms with Crippen molar-refractivity contribution in [2.24, 2.45) is 4.99 Å². The van der Waals surface area contributed by atoms with Crippen molar-refractivity contribution in [1.29, 1.82) is 0 Å². The van der Waals surface area contributed by atoms with Gasteiger partial charge in [0, 0.05) is 5.56 Å². The summed E-state index contributed by atoms with van der Waals surface area (Å²) in [6.07, 6.45) is 0. The third-order valence-corrected chi connectivity index (χ3v) is 2.61. The molecule has 0 amide bonds. The zero-order valence-corrected chi connectivity index (χ0v) is 9.98. The molecule has 1 aliphatic rings. The molecule has 78 valence electrons. The summed E-state index contributed by atoms with van der Waals surface area (Å²) in [4.78, 5) is 5.32. The first-order valence-electron chi connectivity index (χ1n) is 4.97. The molecule has 0 atom stereocenters. The lowest BCUT2D eigenvalue weighted by atomic mass is 10.1. The molecule has 0 spiro atoms. The predicted octanol–water partition coefficient (Wildman–Crippen LogP) is 2.45. The fourth-order valence-electron chi connectivity index (χ4n) is 1.68. The molecular formula is C12H14N2S. The van der Waals surface area contributed by atoms with E-state index in [1.54, 1.807) is 0 Å². The van der Waals surface area contributed by atoms with E-state index in [9.17, 15) is 0 Å². The molecule has 15 heavy (non-hydrogen) atoms. The van der Waals surface area contributed by atoms with E-state index in [4.69, 9.17) is 12.2 Å². The monoisotopic (exact) mass is 218 g/mol. The van der Waals surface area contributed by atoms with Crippen molar-refractivity contribution in [2.45, 2.75) is 26.4 Å². The number of nitrogens with one attached hydrogen (secondary N) is 1. The van der Waals surface area contributed by atoms with Crippen LogP contribution in [0.2, 0.25) is 0 Å². The molecule has 1 aliphatic heterocycles. The average Bonchev–Trinajstić information content (AvgIpc) is 2.40. The molecule has 0 saturated heterocycles. The fourth-order valence-corrected chi connectivity index (χ4v) is 2.10. The van der Waals surface area contributed by atoms with Gasteiger partial charge in [-0.25, -0.2) is 0 Å². The summed E-state index contributed by atoms with van der Waals surface area (Å²) in [5.41, 5.74) is 2.95. The Labute approximate surface area is 95.4 Å². The molecule has 3 heteroatoms. The van der Waals surface area contributed by atoms with E-state index in [1.165, 1.54) is 5.56 Å². The van der Waals surface area contributed by atoms with E-state index in [-0.39, 0.29) is 5.66 Å². The Bertz CT molecular complexity index is 447. The van der Waals surface area contributed by atoms with Gasteiger partial charge in [-0.05, 0) is 26.8 Å². The van der Waals surface area contributed by atoms with Crippen LogP contribution >= 0.6 is 12.2 Å². The first-order valence-corrected chi connectivity index (χ1v) is 5.38. The highest BCUT2D eigenvalue weighted by Gasteiger charge is 2.28. The summed E-state index contributed by atoms with van der Waals surface area (Å²) < 4.78 is 0. The third kappa shape index (κ3) is 2.07. The Hall–Kier alpha value is -1.22. The molecule has 1 heterocycles. The fraction of sp³-hybridized carbons (Fsp3) is 0.333. The Balaban J connectivity index is 2.44. The van der Waals surface area contributed by atoms with Crippen molar-refractivity contribution in [3.05, 3.63) is 35.4 Å². The molecule has 0 unspecified atom stereocenters. The van der Waals surface area contributed by atoms with Crippen molar-refractivity contribution in [1.82, 2.24) is 5.32 Å². The SMILES string of the molecule is Cc1cccc(C2=NC(C)(C)NC2=S)c1. The van der Waals surface area contributed by atoms with E-state index >= 15 is 0 Å². The molecule has 0 radical (unpaired) electrons. The first-order chi connectivity index (χ1) is 6.98. The predicted molar refractivity (Wildman–Crippen MR) is 67.5 cm³/mol. The maximum absolute atomic E-state index is 5.27. The van der Waals surface area contributed by atoms with Gasteiger partial charge in [0.25, 0.3) is 0 Å². The molecule has 0 aliphatic carbocycles. The van der Waals surface area contributed by atoms with Crippen LogP contribution in [-0.4, -0.2) is 16.4 Å². The minimum absolute atomic E-state index is 0.268.